The zero-order valence-electron chi connectivity index (χ0n) is 11.5. The van der Waals surface area contributed by atoms with Crippen molar-refractivity contribution >= 4 is 43.5 Å². The molecular weight excluding hydrogens is 405 g/mol. The van der Waals surface area contributed by atoms with Crippen molar-refractivity contribution < 1.29 is 0 Å². The summed E-state index contributed by atoms with van der Waals surface area (Å²) in [4.78, 5) is 0. The van der Waals surface area contributed by atoms with Crippen LogP contribution >= 0.6 is 43.5 Å². The number of likely N-dealkylation sites (N-methyl/N-ethyl adjacent to an activating group) is 1. The molecule has 0 aliphatic carbocycles. The van der Waals surface area contributed by atoms with Gasteiger partial charge >= 0.3 is 0 Å². The molecule has 0 spiro atoms. The number of aromatic nitrogens is 2. The second-order valence-corrected chi connectivity index (χ2v) is 6.76. The lowest BCUT2D eigenvalue weighted by Gasteiger charge is -2.19. The molecule has 0 amide bonds. The van der Waals surface area contributed by atoms with Crippen LogP contribution in [0.25, 0.3) is 0 Å². The Morgan fingerprint density at radius 3 is 2.60 bits per heavy atom. The van der Waals surface area contributed by atoms with E-state index >= 15 is 0 Å². The first-order valence-electron chi connectivity index (χ1n) is 6.24. The van der Waals surface area contributed by atoms with Crippen LogP contribution in [0, 0.1) is 6.92 Å². The van der Waals surface area contributed by atoms with Crippen molar-refractivity contribution in [3.63, 3.8) is 0 Å². The maximum atomic E-state index is 6.01. The van der Waals surface area contributed by atoms with E-state index in [-0.39, 0.29) is 6.04 Å². The van der Waals surface area contributed by atoms with E-state index in [1.54, 1.807) is 0 Å². The van der Waals surface area contributed by atoms with Crippen molar-refractivity contribution in [2.75, 3.05) is 7.05 Å². The highest BCUT2D eigenvalue weighted by atomic mass is 79.9. The summed E-state index contributed by atoms with van der Waals surface area (Å²) in [7, 11) is 3.93. The molecule has 0 aliphatic heterocycles. The lowest BCUT2D eigenvalue weighted by atomic mass is 10.0. The molecular formula is C14H16Br2ClN3. The highest BCUT2D eigenvalue weighted by molar-refractivity contribution is 9.10. The largest absolute Gasteiger partial charge is 0.313 e. The summed E-state index contributed by atoms with van der Waals surface area (Å²) in [5, 5.41) is 8.52. The molecule has 0 saturated heterocycles. The molecule has 0 saturated carbocycles. The monoisotopic (exact) mass is 419 g/mol. The van der Waals surface area contributed by atoms with E-state index in [1.165, 1.54) is 11.3 Å². The molecule has 20 heavy (non-hydrogen) atoms. The second-order valence-electron chi connectivity index (χ2n) is 4.68. The predicted octanol–water partition coefficient (Wildman–Crippen LogP) is 4.41. The first-order chi connectivity index (χ1) is 9.43. The molecule has 1 atom stereocenters. The number of nitrogens with zero attached hydrogens (tertiary/aromatic N) is 2. The second kappa shape index (κ2) is 6.60. The highest BCUT2D eigenvalue weighted by Crippen LogP contribution is 2.31. The maximum Gasteiger partial charge on any atom is 0.0738 e. The van der Waals surface area contributed by atoms with Gasteiger partial charge in [-0.3, -0.25) is 4.68 Å². The van der Waals surface area contributed by atoms with Gasteiger partial charge in [0.1, 0.15) is 0 Å². The number of halogens is 3. The van der Waals surface area contributed by atoms with Gasteiger partial charge in [0.25, 0.3) is 0 Å². The SMILES string of the molecule is CNC(Cc1c(Br)c(C)nn1C)c1ccc(Cl)cc1Br. The fourth-order valence-corrected chi connectivity index (χ4v) is 3.70. The van der Waals surface area contributed by atoms with E-state index in [2.05, 4.69) is 42.3 Å². The summed E-state index contributed by atoms with van der Waals surface area (Å²) in [5.41, 5.74) is 3.36. The Morgan fingerprint density at radius 2 is 2.10 bits per heavy atom. The van der Waals surface area contributed by atoms with E-state index in [0.29, 0.717) is 0 Å². The summed E-state index contributed by atoms with van der Waals surface area (Å²) in [6, 6.07) is 6.07. The van der Waals surface area contributed by atoms with Crippen molar-refractivity contribution in [1.82, 2.24) is 15.1 Å². The number of aryl methyl sites for hydroxylation is 2. The van der Waals surface area contributed by atoms with Gasteiger partial charge in [-0.15, -0.1) is 0 Å². The van der Waals surface area contributed by atoms with Crippen LogP contribution < -0.4 is 5.32 Å². The summed E-state index contributed by atoms with van der Waals surface area (Å²) >= 11 is 13.2. The molecule has 0 radical (unpaired) electrons. The Labute approximate surface area is 141 Å². The average Bonchev–Trinajstić information content (AvgIpc) is 2.62. The molecule has 6 heteroatoms. The van der Waals surface area contributed by atoms with Gasteiger partial charge in [-0.25, -0.2) is 0 Å². The van der Waals surface area contributed by atoms with Crippen LogP contribution in [0.5, 0.6) is 0 Å². The van der Waals surface area contributed by atoms with Gasteiger partial charge in [0.15, 0.2) is 0 Å². The molecule has 3 nitrogen and oxygen atoms in total. The zero-order chi connectivity index (χ0) is 14.9. The fraction of sp³-hybridized carbons (Fsp3) is 0.357. The Kier molecular flexibility index (Phi) is 5.29. The van der Waals surface area contributed by atoms with Gasteiger partial charge < -0.3 is 5.32 Å². The fourth-order valence-electron chi connectivity index (χ4n) is 2.25. The van der Waals surface area contributed by atoms with E-state index in [9.17, 15) is 0 Å². The van der Waals surface area contributed by atoms with Crippen molar-refractivity contribution in [1.29, 1.82) is 0 Å². The minimum absolute atomic E-state index is 0.188. The number of hydrogen-bond donors (Lipinski definition) is 1. The van der Waals surface area contributed by atoms with Crippen molar-refractivity contribution in [2.45, 2.75) is 19.4 Å². The van der Waals surface area contributed by atoms with E-state index in [0.717, 1.165) is 26.1 Å². The Balaban J connectivity index is 2.33. The van der Waals surface area contributed by atoms with Crippen LogP contribution in [0.4, 0.5) is 0 Å². The highest BCUT2D eigenvalue weighted by Gasteiger charge is 2.19. The molecule has 1 aromatic heterocycles. The van der Waals surface area contributed by atoms with Crippen molar-refractivity contribution in [3.8, 4) is 0 Å². The molecule has 108 valence electrons. The van der Waals surface area contributed by atoms with E-state index in [1.807, 2.05) is 43.9 Å². The first kappa shape index (κ1) is 16.0. The topological polar surface area (TPSA) is 29.9 Å². The quantitative estimate of drug-likeness (QED) is 0.793. The minimum Gasteiger partial charge on any atom is -0.313 e. The van der Waals surface area contributed by atoms with Gasteiger partial charge in [0, 0.05) is 29.0 Å². The molecule has 1 unspecified atom stereocenters. The lowest BCUT2D eigenvalue weighted by molar-refractivity contribution is 0.558. The Hall–Kier alpha value is -0.360. The summed E-state index contributed by atoms with van der Waals surface area (Å²) in [5.74, 6) is 0. The standard InChI is InChI=1S/C14H16Br2ClN3/c1-8-14(16)13(20(3)19-8)7-12(18-2)10-5-4-9(17)6-11(10)15/h4-6,12,18H,7H2,1-3H3. The van der Waals surface area contributed by atoms with Crippen LogP contribution in [-0.4, -0.2) is 16.8 Å². The van der Waals surface area contributed by atoms with Gasteiger partial charge in [0.2, 0.25) is 0 Å². The summed E-state index contributed by atoms with van der Waals surface area (Å²) < 4.78 is 4.01. The van der Waals surface area contributed by atoms with Crippen molar-refractivity contribution in [2.24, 2.45) is 7.05 Å². The number of rotatable bonds is 4. The Morgan fingerprint density at radius 1 is 1.40 bits per heavy atom. The Bertz CT molecular complexity index is 625. The maximum absolute atomic E-state index is 6.01. The average molecular weight is 422 g/mol. The van der Waals surface area contributed by atoms with Crippen LogP contribution in [0.15, 0.2) is 27.1 Å². The normalized spacial score (nSPS) is 12.7. The smallest absolute Gasteiger partial charge is 0.0738 e. The molecule has 2 aromatic rings. The third kappa shape index (κ3) is 3.27. The van der Waals surface area contributed by atoms with E-state index in [4.69, 9.17) is 11.6 Å². The molecule has 1 aromatic carbocycles. The molecule has 1 heterocycles. The summed E-state index contributed by atoms with van der Waals surface area (Å²) in [6.45, 7) is 2.00. The number of nitrogens with one attached hydrogen (secondary N) is 1. The predicted molar refractivity (Wildman–Crippen MR) is 90.3 cm³/mol. The number of hydrogen-bond acceptors (Lipinski definition) is 2. The van der Waals surface area contributed by atoms with Gasteiger partial charge in [0.05, 0.1) is 15.9 Å². The molecule has 2 rings (SSSR count). The third-order valence-electron chi connectivity index (χ3n) is 3.35. The minimum atomic E-state index is 0.188. The number of benzene rings is 1. The van der Waals surface area contributed by atoms with Crippen LogP contribution in [0.2, 0.25) is 5.02 Å². The van der Waals surface area contributed by atoms with Crippen LogP contribution in [0.1, 0.15) is 23.0 Å². The van der Waals surface area contributed by atoms with Gasteiger partial charge in [-0.05, 0) is 47.6 Å². The van der Waals surface area contributed by atoms with Crippen molar-refractivity contribution in [3.05, 3.63) is 49.1 Å². The zero-order valence-corrected chi connectivity index (χ0v) is 15.5. The van der Waals surface area contributed by atoms with Crippen LogP contribution in [0.3, 0.4) is 0 Å². The molecule has 0 fully saturated rings. The molecule has 0 aliphatic rings. The van der Waals surface area contributed by atoms with Gasteiger partial charge in [-0.1, -0.05) is 33.6 Å². The third-order valence-corrected chi connectivity index (χ3v) is 5.30. The lowest BCUT2D eigenvalue weighted by Crippen LogP contribution is -2.20. The molecule has 1 N–H and O–H groups in total. The van der Waals surface area contributed by atoms with Crippen LogP contribution in [-0.2, 0) is 13.5 Å². The van der Waals surface area contributed by atoms with E-state index < -0.39 is 0 Å². The molecule has 0 bridgehead atoms. The first-order valence-corrected chi connectivity index (χ1v) is 8.20. The van der Waals surface area contributed by atoms with Gasteiger partial charge in [-0.2, -0.15) is 5.10 Å². The summed E-state index contributed by atoms with van der Waals surface area (Å²) in [6.07, 6.45) is 0.842.